The van der Waals surface area contributed by atoms with Gasteiger partial charge in [0.05, 0.1) is 12.8 Å². The lowest BCUT2D eigenvalue weighted by Crippen LogP contribution is -2.31. The Bertz CT molecular complexity index is 470. The lowest BCUT2D eigenvalue weighted by Gasteiger charge is -2.27. The third-order valence-electron chi connectivity index (χ3n) is 2.19. The van der Waals surface area contributed by atoms with E-state index < -0.39 is 5.82 Å². The van der Waals surface area contributed by atoms with Crippen LogP contribution in [0.4, 0.5) is 10.1 Å². The van der Waals surface area contributed by atoms with E-state index in [0.29, 0.717) is 11.4 Å². The van der Waals surface area contributed by atoms with E-state index in [1.165, 1.54) is 43.4 Å². The molecule has 1 aliphatic heterocycles. The number of hydrogen-bond donors (Lipinski definition) is 0. The van der Waals surface area contributed by atoms with Crippen molar-refractivity contribution in [1.82, 2.24) is 0 Å². The summed E-state index contributed by atoms with van der Waals surface area (Å²) >= 11 is 0. The topological polar surface area (TPSA) is 38.8 Å². The molecule has 5 heteroatoms. The van der Waals surface area contributed by atoms with Crippen molar-refractivity contribution < 1.29 is 18.7 Å². The number of rotatable bonds is 1. The van der Waals surface area contributed by atoms with Gasteiger partial charge in [-0.1, -0.05) is 0 Å². The number of nitrogens with zero attached hydrogens (tertiary/aromatic N) is 1. The van der Waals surface area contributed by atoms with E-state index in [-0.39, 0.29) is 11.8 Å². The lowest BCUT2D eigenvalue weighted by molar-refractivity contribution is -0.116. The zero-order valence-corrected chi connectivity index (χ0v) is 8.86. The average molecular weight is 223 g/mol. The summed E-state index contributed by atoms with van der Waals surface area (Å²) in [4.78, 5) is 12.7. The molecule has 1 aliphatic rings. The highest BCUT2D eigenvalue weighted by molar-refractivity contribution is 5.96. The minimum atomic E-state index is -0.439. The van der Waals surface area contributed by atoms with Gasteiger partial charge in [0.25, 0.3) is 0 Å². The molecule has 0 aliphatic carbocycles. The lowest BCUT2D eigenvalue weighted by atomic mass is 10.2. The SMILES string of the molecule is COC1=COc2ccc(F)cc2N1C(C)=O. The molecule has 1 heterocycles. The zero-order chi connectivity index (χ0) is 11.7. The molecule has 0 atom stereocenters. The van der Waals surface area contributed by atoms with Gasteiger partial charge in [0.15, 0.2) is 12.0 Å². The molecule has 16 heavy (non-hydrogen) atoms. The van der Waals surface area contributed by atoms with E-state index in [2.05, 4.69) is 0 Å². The van der Waals surface area contributed by atoms with Crippen LogP contribution in [0.15, 0.2) is 30.3 Å². The minimum Gasteiger partial charge on any atom is -0.480 e. The maximum Gasteiger partial charge on any atom is 0.237 e. The number of fused-ring (bicyclic) bond motifs is 1. The highest BCUT2D eigenvalue weighted by Crippen LogP contribution is 2.35. The van der Waals surface area contributed by atoms with Crippen molar-refractivity contribution in [2.45, 2.75) is 6.92 Å². The number of ether oxygens (including phenoxy) is 2. The van der Waals surface area contributed by atoms with Crippen molar-refractivity contribution >= 4 is 11.6 Å². The van der Waals surface area contributed by atoms with Crippen LogP contribution in [-0.4, -0.2) is 13.0 Å². The molecule has 0 bridgehead atoms. The van der Waals surface area contributed by atoms with Crippen LogP contribution in [0.3, 0.4) is 0 Å². The Labute approximate surface area is 91.9 Å². The van der Waals surface area contributed by atoms with Crippen molar-refractivity contribution in [1.29, 1.82) is 0 Å². The second-order valence-corrected chi connectivity index (χ2v) is 3.24. The average Bonchev–Trinajstić information content (AvgIpc) is 2.26. The number of anilines is 1. The quantitative estimate of drug-likeness (QED) is 0.731. The number of carbonyl (C=O) groups is 1. The Balaban J connectivity index is 2.53. The first-order valence-electron chi connectivity index (χ1n) is 4.64. The van der Waals surface area contributed by atoms with Crippen LogP contribution in [0.2, 0.25) is 0 Å². The van der Waals surface area contributed by atoms with E-state index in [1.807, 2.05) is 0 Å². The molecule has 0 spiro atoms. The fourth-order valence-electron chi connectivity index (χ4n) is 1.51. The summed E-state index contributed by atoms with van der Waals surface area (Å²) in [6.45, 7) is 1.37. The molecule has 0 saturated carbocycles. The fourth-order valence-corrected chi connectivity index (χ4v) is 1.51. The van der Waals surface area contributed by atoms with Crippen LogP contribution >= 0.6 is 0 Å². The van der Waals surface area contributed by atoms with Crippen LogP contribution < -0.4 is 9.64 Å². The molecule has 0 N–H and O–H groups in total. The maximum atomic E-state index is 13.1. The van der Waals surface area contributed by atoms with Gasteiger partial charge in [0.2, 0.25) is 11.8 Å². The van der Waals surface area contributed by atoms with Gasteiger partial charge in [0, 0.05) is 13.0 Å². The standard InChI is InChI=1S/C11H10FNO3/c1-7(14)13-9-5-8(12)3-4-10(9)16-6-11(13)15-2/h3-6H,1-2H3. The molecular weight excluding hydrogens is 213 g/mol. The third-order valence-corrected chi connectivity index (χ3v) is 2.19. The predicted molar refractivity (Wildman–Crippen MR) is 55.3 cm³/mol. The second kappa shape index (κ2) is 3.84. The highest BCUT2D eigenvalue weighted by atomic mass is 19.1. The van der Waals surface area contributed by atoms with Crippen molar-refractivity contribution in [3.63, 3.8) is 0 Å². The van der Waals surface area contributed by atoms with Gasteiger partial charge in [-0.15, -0.1) is 0 Å². The van der Waals surface area contributed by atoms with Gasteiger partial charge in [-0.3, -0.25) is 4.79 Å². The Hall–Kier alpha value is -2.04. The summed E-state index contributed by atoms with van der Waals surface area (Å²) < 4.78 is 23.3. The van der Waals surface area contributed by atoms with Gasteiger partial charge in [-0.2, -0.15) is 0 Å². The Morgan fingerprint density at radius 2 is 2.25 bits per heavy atom. The minimum absolute atomic E-state index is 0.227. The first kappa shape index (κ1) is 10.5. The van der Waals surface area contributed by atoms with E-state index >= 15 is 0 Å². The Morgan fingerprint density at radius 1 is 1.50 bits per heavy atom. The van der Waals surface area contributed by atoms with Gasteiger partial charge in [-0.25, -0.2) is 9.29 Å². The molecule has 1 aromatic rings. The summed E-state index contributed by atoms with van der Waals surface area (Å²) in [7, 11) is 1.41. The zero-order valence-electron chi connectivity index (χ0n) is 8.86. The van der Waals surface area contributed by atoms with Crippen LogP contribution in [0.1, 0.15) is 6.92 Å². The van der Waals surface area contributed by atoms with E-state index in [0.717, 1.165) is 0 Å². The second-order valence-electron chi connectivity index (χ2n) is 3.24. The van der Waals surface area contributed by atoms with Gasteiger partial charge < -0.3 is 9.47 Å². The molecule has 0 aromatic heterocycles. The molecule has 0 unspecified atom stereocenters. The first-order valence-corrected chi connectivity index (χ1v) is 4.64. The molecule has 4 nitrogen and oxygen atoms in total. The molecule has 1 amide bonds. The van der Waals surface area contributed by atoms with Crippen LogP contribution in [0.5, 0.6) is 5.75 Å². The van der Waals surface area contributed by atoms with Crippen molar-refractivity contribution in [2.75, 3.05) is 12.0 Å². The summed E-state index contributed by atoms with van der Waals surface area (Å²) in [5.41, 5.74) is 0.340. The molecule has 0 radical (unpaired) electrons. The number of benzene rings is 1. The van der Waals surface area contributed by atoms with Gasteiger partial charge in [0.1, 0.15) is 5.82 Å². The molecule has 84 valence electrons. The highest BCUT2D eigenvalue weighted by Gasteiger charge is 2.26. The number of carbonyl (C=O) groups excluding carboxylic acids is 1. The van der Waals surface area contributed by atoms with E-state index in [1.54, 1.807) is 0 Å². The normalized spacial score (nSPS) is 13.7. The molecule has 1 aromatic carbocycles. The maximum absolute atomic E-state index is 13.1. The van der Waals surface area contributed by atoms with E-state index in [9.17, 15) is 9.18 Å². The van der Waals surface area contributed by atoms with Crippen molar-refractivity contribution in [3.8, 4) is 5.75 Å². The van der Waals surface area contributed by atoms with Gasteiger partial charge in [-0.05, 0) is 12.1 Å². The smallest absolute Gasteiger partial charge is 0.237 e. The van der Waals surface area contributed by atoms with Crippen LogP contribution in [0.25, 0.3) is 0 Å². The molecule has 2 rings (SSSR count). The Kier molecular flexibility index (Phi) is 2.52. The van der Waals surface area contributed by atoms with Crippen LogP contribution in [-0.2, 0) is 9.53 Å². The number of amides is 1. The molecular formula is C11H10FNO3. The third kappa shape index (κ3) is 1.60. The molecule has 0 saturated heterocycles. The fraction of sp³-hybridized carbons (Fsp3) is 0.182. The Morgan fingerprint density at radius 3 is 2.88 bits per heavy atom. The summed E-state index contributed by atoms with van der Waals surface area (Å²) in [6.07, 6.45) is 1.31. The first-order chi connectivity index (χ1) is 7.63. The predicted octanol–water partition coefficient (Wildman–Crippen LogP) is 2.02. The molecule has 0 fully saturated rings. The summed E-state index contributed by atoms with van der Waals surface area (Å²) in [5, 5.41) is 0. The van der Waals surface area contributed by atoms with Crippen LogP contribution in [0, 0.1) is 5.82 Å². The number of methoxy groups -OCH3 is 1. The number of hydrogen-bond acceptors (Lipinski definition) is 3. The summed E-state index contributed by atoms with van der Waals surface area (Å²) in [6, 6.07) is 3.95. The monoisotopic (exact) mass is 223 g/mol. The van der Waals surface area contributed by atoms with Crippen molar-refractivity contribution in [3.05, 3.63) is 36.2 Å². The number of halogens is 1. The van der Waals surface area contributed by atoms with E-state index in [4.69, 9.17) is 9.47 Å². The van der Waals surface area contributed by atoms with Gasteiger partial charge >= 0.3 is 0 Å². The summed E-state index contributed by atoms with van der Waals surface area (Å²) in [5.74, 6) is -0.0720. The largest absolute Gasteiger partial charge is 0.480 e. The van der Waals surface area contributed by atoms with Crippen molar-refractivity contribution in [2.24, 2.45) is 0 Å².